The molecule has 47 heavy (non-hydrogen) atoms. The number of fused-ring (bicyclic) bond motifs is 1. The molecule has 242 valence electrons. The third-order valence-corrected chi connectivity index (χ3v) is 11.4. The number of nitrogens with zero attached hydrogens (tertiary/aromatic N) is 3. The lowest BCUT2D eigenvalue weighted by atomic mass is 9.71. The van der Waals surface area contributed by atoms with E-state index in [1.165, 1.54) is 11.3 Å². The van der Waals surface area contributed by atoms with Crippen molar-refractivity contribution in [2.75, 3.05) is 31.1 Å². The van der Waals surface area contributed by atoms with Crippen LogP contribution in [0.5, 0.6) is 0 Å². The molecule has 1 aromatic heterocycles. The Kier molecular flexibility index (Phi) is 8.56. The lowest BCUT2D eigenvalue weighted by Crippen LogP contribution is -2.48. The summed E-state index contributed by atoms with van der Waals surface area (Å²) in [6.45, 7) is 8.10. The number of carbonyl (C=O) groups excluding carboxylic acids is 2. The van der Waals surface area contributed by atoms with Crippen LogP contribution >= 0.6 is 11.6 Å². The van der Waals surface area contributed by atoms with Crippen molar-refractivity contribution in [1.82, 2.24) is 15.2 Å². The average molecular weight is 647 g/mol. The number of likely N-dealkylation sites (tertiary alicyclic amines) is 1. The van der Waals surface area contributed by atoms with Crippen LogP contribution in [0.25, 0.3) is 0 Å². The first-order chi connectivity index (χ1) is 22.7. The first-order valence-corrected chi connectivity index (χ1v) is 17.3. The zero-order valence-corrected chi connectivity index (χ0v) is 28.0. The molecule has 1 aliphatic carbocycles. The molecule has 2 atom stereocenters. The first kappa shape index (κ1) is 31.4. The topological polar surface area (TPSA) is 65.5 Å². The minimum Gasteiger partial charge on any atom is -0.371 e. The first-order valence-electron chi connectivity index (χ1n) is 16.9. The van der Waals surface area contributed by atoms with Crippen molar-refractivity contribution >= 4 is 29.1 Å². The van der Waals surface area contributed by atoms with Gasteiger partial charge in [0.1, 0.15) is 0 Å². The smallest absolute Gasteiger partial charge is 0.253 e. The van der Waals surface area contributed by atoms with Gasteiger partial charge in [-0.1, -0.05) is 80.0 Å². The maximum absolute atomic E-state index is 14.1. The highest BCUT2D eigenvalue weighted by Crippen LogP contribution is 2.46. The molecular formula is C40H43ClN4O2. The summed E-state index contributed by atoms with van der Waals surface area (Å²) in [5.74, 6) is -0.546. The van der Waals surface area contributed by atoms with Gasteiger partial charge in [0.05, 0.1) is 12.0 Å². The van der Waals surface area contributed by atoms with Crippen molar-refractivity contribution < 1.29 is 9.59 Å². The summed E-state index contributed by atoms with van der Waals surface area (Å²) in [6.07, 6.45) is 8.89. The number of hydrogen-bond acceptors (Lipinski definition) is 4. The van der Waals surface area contributed by atoms with Crippen molar-refractivity contribution in [1.29, 1.82) is 0 Å². The lowest BCUT2D eigenvalue weighted by molar-refractivity contribution is -0.122. The molecule has 3 aromatic carbocycles. The number of carbonyl (C=O) groups is 2. The minimum atomic E-state index is -0.542. The lowest BCUT2D eigenvalue weighted by Gasteiger charge is -2.47. The Morgan fingerprint density at radius 3 is 2.21 bits per heavy atom. The quantitative estimate of drug-likeness (QED) is 0.231. The van der Waals surface area contributed by atoms with E-state index in [2.05, 4.69) is 47.2 Å². The predicted octanol–water partition coefficient (Wildman–Crippen LogP) is 7.93. The van der Waals surface area contributed by atoms with E-state index in [1.54, 1.807) is 0 Å². The summed E-state index contributed by atoms with van der Waals surface area (Å²) in [7, 11) is 0. The van der Waals surface area contributed by atoms with Crippen LogP contribution in [-0.4, -0.2) is 47.9 Å². The second-order valence-corrected chi connectivity index (χ2v) is 14.7. The van der Waals surface area contributed by atoms with Crippen LogP contribution in [0.15, 0.2) is 97.3 Å². The Balaban J connectivity index is 1.06. The van der Waals surface area contributed by atoms with E-state index >= 15 is 0 Å². The fourth-order valence-corrected chi connectivity index (χ4v) is 8.45. The van der Waals surface area contributed by atoms with Gasteiger partial charge < -0.3 is 15.1 Å². The molecule has 2 amide bonds. The SMILES string of the molecule is CC1(C)CC(NC(=O)C(c2ccccc2)c2ccccc2Cl)c2cc(C(=O)N3CCC4(CC3)CCN(c3ccncc3)CC4)ccc21. The summed E-state index contributed by atoms with van der Waals surface area (Å²) in [6, 6.07) is 27.5. The summed E-state index contributed by atoms with van der Waals surface area (Å²) < 4.78 is 0. The maximum Gasteiger partial charge on any atom is 0.253 e. The van der Waals surface area contributed by atoms with Gasteiger partial charge in [0, 0.05) is 54.8 Å². The molecule has 7 heteroatoms. The van der Waals surface area contributed by atoms with E-state index in [-0.39, 0.29) is 23.3 Å². The van der Waals surface area contributed by atoms with Crippen molar-refractivity contribution in [3.63, 3.8) is 0 Å². The van der Waals surface area contributed by atoms with E-state index in [0.717, 1.165) is 75.0 Å². The number of aromatic nitrogens is 1. The fraction of sp³-hybridized carbons (Fsp3) is 0.375. The van der Waals surface area contributed by atoms with Crippen molar-refractivity contribution in [2.24, 2.45) is 5.41 Å². The van der Waals surface area contributed by atoms with Crippen LogP contribution in [0.2, 0.25) is 5.02 Å². The number of amides is 2. The average Bonchev–Trinajstić information content (AvgIpc) is 3.35. The van der Waals surface area contributed by atoms with Crippen LogP contribution in [0.3, 0.4) is 0 Å². The molecule has 2 unspecified atom stereocenters. The molecule has 1 N–H and O–H groups in total. The zero-order valence-electron chi connectivity index (χ0n) is 27.3. The zero-order chi connectivity index (χ0) is 32.6. The van der Waals surface area contributed by atoms with Crippen LogP contribution in [0, 0.1) is 5.41 Å². The molecule has 6 nitrogen and oxygen atoms in total. The third-order valence-electron chi connectivity index (χ3n) is 11.0. The highest BCUT2D eigenvalue weighted by atomic mass is 35.5. The number of benzene rings is 3. The summed E-state index contributed by atoms with van der Waals surface area (Å²) in [5, 5.41) is 3.95. The van der Waals surface area contributed by atoms with Gasteiger partial charge in [0.15, 0.2) is 0 Å². The molecule has 7 rings (SSSR count). The third kappa shape index (κ3) is 6.28. The molecule has 3 heterocycles. The number of anilines is 1. The maximum atomic E-state index is 14.1. The molecule has 0 bridgehead atoms. The van der Waals surface area contributed by atoms with E-state index < -0.39 is 5.92 Å². The van der Waals surface area contributed by atoms with Gasteiger partial charge in [-0.3, -0.25) is 14.6 Å². The number of rotatable bonds is 6. The number of halogens is 1. The van der Waals surface area contributed by atoms with E-state index in [9.17, 15) is 9.59 Å². The number of nitrogens with one attached hydrogen (secondary N) is 1. The summed E-state index contributed by atoms with van der Waals surface area (Å²) >= 11 is 6.64. The van der Waals surface area contributed by atoms with E-state index in [0.29, 0.717) is 16.0 Å². The Labute approximate surface area is 283 Å². The fourth-order valence-electron chi connectivity index (χ4n) is 8.20. The van der Waals surface area contributed by atoms with Crippen LogP contribution in [-0.2, 0) is 10.2 Å². The Hall–Kier alpha value is -4.16. The van der Waals surface area contributed by atoms with Crippen LogP contribution < -0.4 is 10.2 Å². The monoisotopic (exact) mass is 646 g/mol. The van der Waals surface area contributed by atoms with Crippen LogP contribution in [0.1, 0.15) is 90.5 Å². The van der Waals surface area contributed by atoms with Crippen molar-refractivity contribution in [3.8, 4) is 0 Å². The van der Waals surface area contributed by atoms with Gasteiger partial charge in [-0.05, 0) is 95.5 Å². The van der Waals surface area contributed by atoms with Gasteiger partial charge in [0.2, 0.25) is 5.91 Å². The normalized spacial score (nSPS) is 20.4. The molecule has 1 spiro atoms. The Morgan fingerprint density at radius 1 is 0.851 bits per heavy atom. The summed E-state index contributed by atoms with van der Waals surface area (Å²) in [5.41, 5.74) is 6.03. The molecule has 0 saturated carbocycles. The Bertz CT molecular complexity index is 1740. The Morgan fingerprint density at radius 2 is 1.51 bits per heavy atom. The van der Waals surface area contributed by atoms with E-state index in [1.807, 2.05) is 84.0 Å². The molecule has 0 radical (unpaired) electrons. The molecule has 4 aromatic rings. The van der Waals surface area contributed by atoms with Crippen molar-refractivity contribution in [2.45, 2.75) is 63.3 Å². The second kappa shape index (κ2) is 12.8. The molecular weight excluding hydrogens is 604 g/mol. The van der Waals surface area contributed by atoms with Gasteiger partial charge in [0.25, 0.3) is 5.91 Å². The highest BCUT2D eigenvalue weighted by Gasteiger charge is 2.41. The summed E-state index contributed by atoms with van der Waals surface area (Å²) in [4.78, 5) is 36.7. The number of pyridine rings is 1. The van der Waals surface area contributed by atoms with Gasteiger partial charge in [-0.15, -0.1) is 0 Å². The van der Waals surface area contributed by atoms with Gasteiger partial charge in [-0.2, -0.15) is 0 Å². The van der Waals surface area contributed by atoms with Crippen molar-refractivity contribution in [3.05, 3.63) is 130 Å². The number of hydrogen-bond donors (Lipinski definition) is 1. The molecule has 3 aliphatic rings. The standard InChI is InChI=1S/C40H43ClN4O2/c1-39(2)27-35(43-37(46)36(28-8-4-3-5-9-28)31-10-6-7-11-34(31)41)32-26-29(12-13-33(32)39)38(47)45-24-18-40(19-25-45)16-22-44(23-17-40)30-14-20-42-21-15-30/h3-15,20-21,26,35-36H,16-19,22-25,27H2,1-2H3,(H,43,46). The number of piperidine rings is 2. The van der Waals surface area contributed by atoms with E-state index in [4.69, 9.17) is 11.6 Å². The minimum absolute atomic E-state index is 0.0879. The van der Waals surface area contributed by atoms with Crippen LogP contribution in [0.4, 0.5) is 5.69 Å². The molecule has 2 aliphatic heterocycles. The van der Waals surface area contributed by atoms with Gasteiger partial charge >= 0.3 is 0 Å². The molecule has 2 saturated heterocycles. The highest BCUT2D eigenvalue weighted by molar-refractivity contribution is 6.31. The predicted molar refractivity (Wildman–Crippen MR) is 188 cm³/mol. The van der Waals surface area contributed by atoms with Gasteiger partial charge in [-0.25, -0.2) is 0 Å². The molecule has 2 fully saturated rings. The largest absolute Gasteiger partial charge is 0.371 e. The second-order valence-electron chi connectivity index (χ2n) is 14.3.